The number of hydrogen-bond acceptors (Lipinski definition) is 4. The van der Waals surface area contributed by atoms with E-state index in [0.29, 0.717) is 11.5 Å². The number of rotatable bonds is 6. The van der Waals surface area contributed by atoms with Crippen LogP contribution >= 0.6 is 0 Å². The summed E-state index contributed by atoms with van der Waals surface area (Å²) in [5.74, 6) is 1.42. The third-order valence-corrected chi connectivity index (χ3v) is 3.55. The van der Waals surface area contributed by atoms with Gasteiger partial charge in [-0.2, -0.15) is 0 Å². The van der Waals surface area contributed by atoms with Crippen molar-refractivity contribution in [3.05, 3.63) is 72.3 Å². The van der Waals surface area contributed by atoms with Crippen LogP contribution in [0.2, 0.25) is 0 Å². The van der Waals surface area contributed by atoms with Gasteiger partial charge in [0.2, 0.25) is 0 Å². The monoisotopic (exact) mass is 342 g/mol. The topological polar surface area (TPSA) is 58.9 Å². The number of benzene rings is 2. The van der Waals surface area contributed by atoms with Gasteiger partial charge in [0, 0.05) is 0 Å². The Morgan fingerprint density at radius 3 is 2.00 bits per heavy atom. The lowest BCUT2D eigenvalue weighted by Crippen LogP contribution is -1.89. The molecule has 0 bridgehead atoms. The van der Waals surface area contributed by atoms with Crippen LogP contribution in [0, 0.1) is 6.92 Å². The highest BCUT2D eigenvalue weighted by molar-refractivity contribution is 5.48. The van der Waals surface area contributed by atoms with Gasteiger partial charge in [-0.3, -0.25) is 0 Å². The Kier molecular flexibility index (Phi) is 8.13. The van der Waals surface area contributed by atoms with Gasteiger partial charge in [0.1, 0.15) is 0 Å². The predicted octanol–water partition coefficient (Wildman–Crippen LogP) is 4.57. The highest BCUT2D eigenvalue weighted by Crippen LogP contribution is 2.30. The third-order valence-electron chi connectivity index (χ3n) is 3.55. The molecule has 0 radical (unpaired) electrons. The van der Waals surface area contributed by atoms with Crippen LogP contribution in [0.25, 0.3) is 0 Å². The van der Waals surface area contributed by atoms with Gasteiger partial charge < -0.3 is 19.7 Å². The van der Waals surface area contributed by atoms with Crippen molar-refractivity contribution >= 4 is 0 Å². The van der Waals surface area contributed by atoms with Gasteiger partial charge in [0.15, 0.2) is 23.0 Å². The second-order valence-corrected chi connectivity index (χ2v) is 5.46. The minimum absolute atomic E-state index is 0.172. The molecule has 0 saturated heterocycles. The number of hydrogen-bond donors (Lipinski definition) is 2. The molecule has 0 aliphatic rings. The molecule has 4 nitrogen and oxygen atoms in total. The van der Waals surface area contributed by atoms with Gasteiger partial charge in [-0.25, -0.2) is 0 Å². The van der Waals surface area contributed by atoms with Crippen molar-refractivity contribution in [2.75, 3.05) is 14.2 Å². The molecule has 0 fully saturated rings. The van der Waals surface area contributed by atoms with Gasteiger partial charge in [-0.05, 0) is 54.7 Å². The fraction of sp³-hybridized carbons (Fsp3) is 0.238. The molecule has 2 rings (SSSR count). The Balaban J connectivity index is 0.000000251. The van der Waals surface area contributed by atoms with Crippen LogP contribution in [-0.4, -0.2) is 24.4 Å². The average Bonchev–Trinajstić information content (AvgIpc) is 2.60. The Morgan fingerprint density at radius 1 is 0.880 bits per heavy atom. The van der Waals surface area contributed by atoms with Gasteiger partial charge >= 0.3 is 0 Å². The SMILES string of the molecule is C=CCc1cc(C)c(O)c(OC)c1.C=CCc1ccc(O)c(OC)c1. The van der Waals surface area contributed by atoms with Crippen LogP contribution in [0.15, 0.2) is 55.6 Å². The maximum atomic E-state index is 9.54. The number of aryl methyl sites for hydroxylation is 1. The van der Waals surface area contributed by atoms with Crippen LogP contribution in [-0.2, 0) is 12.8 Å². The molecule has 2 aromatic carbocycles. The second kappa shape index (κ2) is 10.1. The van der Waals surface area contributed by atoms with Gasteiger partial charge in [-0.1, -0.05) is 24.3 Å². The molecule has 0 aliphatic heterocycles. The number of allylic oxidation sites excluding steroid dienone is 2. The number of ether oxygens (including phenoxy) is 2. The summed E-state index contributed by atoms with van der Waals surface area (Å²) in [6, 6.07) is 9.03. The molecule has 0 unspecified atom stereocenters. The van der Waals surface area contributed by atoms with Crippen molar-refractivity contribution in [1.82, 2.24) is 0 Å². The van der Waals surface area contributed by atoms with E-state index >= 15 is 0 Å². The molecule has 2 N–H and O–H groups in total. The molecular formula is C21H26O4. The summed E-state index contributed by atoms with van der Waals surface area (Å²) < 4.78 is 9.98. The van der Waals surface area contributed by atoms with Crippen LogP contribution < -0.4 is 9.47 Å². The van der Waals surface area contributed by atoms with E-state index in [1.54, 1.807) is 19.2 Å². The minimum atomic E-state index is 0.172. The van der Waals surface area contributed by atoms with E-state index in [-0.39, 0.29) is 11.5 Å². The first-order valence-electron chi connectivity index (χ1n) is 7.90. The Bertz CT molecular complexity index is 720. The molecule has 0 saturated carbocycles. The smallest absolute Gasteiger partial charge is 0.161 e. The predicted molar refractivity (Wildman–Crippen MR) is 102 cm³/mol. The standard InChI is InChI=1S/C11H14O2.C10H12O2/c1-4-5-9-6-8(2)11(12)10(7-9)13-3;1-3-4-8-5-6-9(11)10(7-8)12-2/h4,6-7,12H,1,5H2,2-3H3;3,5-7,11H,1,4H2,2H3. The lowest BCUT2D eigenvalue weighted by Gasteiger charge is -2.08. The fourth-order valence-corrected chi connectivity index (χ4v) is 2.27. The lowest BCUT2D eigenvalue weighted by atomic mass is 10.1. The Hall–Kier alpha value is -2.88. The molecule has 0 aliphatic carbocycles. The molecule has 25 heavy (non-hydrogen) atoms. The van der Waals surface area contributed by atoms with Crippen LogP contribution in [0.5, 0.6) is 23.0 Å². The van der Waals surface area contributed by atoms with Crippen LogP contribution in [0.4, 0.5) is 0 Å². The first-order chi connectivity index (χ1) is 12.0. The highest BCUT2D eigenvalue weighted by Gasteiger charge is 2.05. The van der Waals surface area contributed by atoms with E-state index in [2.05, 4.69) is 13.2 Å². The largest absolute Gasteiger partial charge is 0.504 e. The Labute approximate surface area is 149 Å². The lowest BCUT2D eigenvalue weighted by molar-refractivity contribution is 0.371. The quantitative estimate of drug-likeness (QED) is 0.755. The maximum absolute atomic E-state index is 9.54. The molecule has 0 heterocycles. The molecule has 134 valence electrons. The van der Waals surface area contributed by atoms with Crippen molar-refractivity contribution in [1.29, 1.82) is 0 Å². The molecule has 0 atom stereocenters. The van der Waals surface area contributed by atoms with Crippen molar-refractivity contribution in [3.63, 3.8) is 0 Å². The normalized spacial score (nSPS) is 9.56. The van der Waals surface area contributed by atoms with Gasteiger partial charge in [-0.15, -0.1) is 13.2 Å². The number of phenolic OH excluding ortho intramolecular Hbond substituents is 2. The molecule has 0 spiro atoms. The first kappa shape index (κ1) is 20.2. The zero-order valence-corrected chi connectivity index (χ0v) is 15.1. The van der Waals surface area contributed by atoms with E-state index in [0.717, 1.165) is 29.5 Å². The summed E-state index contributed by atoms with van der Waals surface area (Å²) in [5, 5.41) is 18.8. The fourth-order valence-electron chi connectivity index (χ4n) is 2.27. The van der Waals surface area contributed by atoms with Crippen molar-refractivity contribution < 1.29 is 19.7 Å². The zero-order chi connectivity index (χ0) is 18.8. The van der Waals surface area contributed by atoms with Crippen molar-refractivity contribution in [2.24, 2.45) is 0 Å². The van der Waals surface area contributed by atoms with Gasteiger partial charge in [0.05, 0.1) is 14.2 Å². The van der Waals surface area contributed by atoms with Crippen molar-refractivity contribution in [3.8, 4) is 23.0 Å². The highest BCUT2D eigenvalue weighted by atomic mass is 16.5. The van der Waals surface area contributed by atoms with E-state index in [1.807, 2.05) is 37.3 Å². The van der Waals surface area contributed by atoms with E-state index in [4.69, 9.17) is 9.47 Å². The molecular weight excluding hydrogens is 316 g/mol. The third kappa shape index (κ3) is 5.92. The van der Waals surface area contributed by atoms with Crippen LogP contribution in [0.1, 0.15) is 16.7 Å². The average molecular weight is 342 g/mol. The minimum Gasteiger partial charge on any atom is -0.504 e. The maximum Gasteiger partial charge on any atom is 0.161 e. The van der Waals surface area contributed by atoms with Gasteiger partial charge in [0.25, 0.3) is 0 Å². The first-order valence-corrected chi connectivity index (χ1v) is 7.90. The van der Waals surface area contributed by atoms with E-state index in [9.17, 15) is 10.2 Å². The summed E-state index contributed by atoms with van der Waals surface area (Å²) in [6.45, 7) is 9.14. The van der Waals surface area contributed by atoms with Crippen molar-refractivity contribution in [2.45, 2.75) is 19.8 Å². The summed E-state index contributed by atoms with van der Waals surface area (Å²) in [4.78, 5) is 0. The molecule has 0 aromatic heterocycles. The summed E-state index contributed by atoms with van der Waals surface area (Å²) in [7, 11) is 3.08. The van der Waals surface area contributed by atoms with Crippen LogP contribution in [0.3, 0.4) is 0 Å². The Morgan fingerprint density at radius 2 is 1.44 bits per heavy atom. The van der Waals surface area contributed by atoms with E-state index in [1.165, 1.54) is 7.11 Å². The summed E-state index contributed by atoms with van der Waals surface area (Å²) in [6.07, 6.45) is 5.21. The number of methoxy groups -OCH3 is 2. The zero-order valence-electron chi connectivity index (χ0n) is 15.1. The summed E-state index contributed by atoms with van der Waals surface area (Å²) >= 11 is 0. The number of aromatic hydroxyl groups is 2. The molecule has 4 heteroatoms. The molecule has 0 amide bonds. The summed E-state index contributed by atoms with van der Waals surface area (Å²) in [5.41, 5.74) is 3.01. The molecule has 2 aromatic rings. The van der Waals surface area contributed by atoms with E-state index < -0.39 is 0 Å². The second-order valence-electron chi connectivity index (χ2n) is 5.46. The number of phenols is 2.